The molecule has 0 amide bonds. The minimum Gasteiger partial charge on any atom is -0.481 e. The van der Waals surface area contributed by atoms with E-state index in [1.54, 1.807) is 0 Å². The molecular formula is C16H29NO2. The summed E-state index contributed by atoms with van der Waals surface area (Å²) in [5.74, 6) is 0.843. The van der Waals surface area contributed by atoms with E-state index in [-0.39, 0.29) is 5.54 Å². The maximum absolute atomic E-state index is 11.3. The van der Waals surface area contributed by atoms with E-state index in [1.165, 1.54) is 32.1 Å². The van der Waals surface area contributed by atoms with E-state index < -0.39 is 5.97 Å². The second kappa shape index (κ2) is 6.25. The molecule has 2 fully saturated rings. The third-order valence-corrected chi connectivity index (χ3v) is 4.99. The van der Waals surface area contributed by atoms with Crippen molar-refractivity contribution in [1.82, 2.24) is 4.90 Å². The third kappa shape index (κ3) is 3.71. The molecule has 1 heterocycles. The maximum Gasteiger partial charge on any atom is 0.305 e. The van der Waals surface area contributed by atoms with Crippen molar-refractivity contribution in [2.75, 3.05) is 13.1 Å². The van der Waals surface area contributed by atoms with Gasteiger partial charge in [-0.05, 0) is 57.0 Å². The highest BCUT2D eigenvalue weighted by molar-refractivity contribution is 5.68. The topological polar surface area (TPSA) is 40.5 Å². The van der Waals surface area contributed by atoms with Gasteiger partial charge in [-0.25, -0.2) is 0 Å². The van der Waals surface area contributed by atoms with Gasteiger partial charge in [-0.1, -0.05) is 26.7 Å². The first kappa shape index (κ1) is 14.8. The highest BCUT2D eigenvalue weighted by Crippen LogP contribution is 2.43. The second-order valence-corrected chi connectivity index (χ2v) is 7.08. The first-order valence-corrected chi connectivity index (χ1v) is 7.99. The normalized spacial score (nSPS) is 32.9. The average molecular weight is 267 g/mol. The van der Waals surface area contributed by atoms with Crippen molar-refractivity contribution in [2.45, 2.75) is 70.8 Å². The Balaban J connectivity index is 2.09. The summed E-state index contributed by atoms with van der Waals surface area (Å²) >= 11 is 0. The van der Waals surface area contributed by atoms with Crippen LogP contribution in [-0.4, -0.2) is 34.6 Å². The summed E-state index contributed by atoms with van der Waals surface area (Å²) in [5, 5.41) is 9.33. The van der Waals surface area contributed by atoms with E-state index in [1.807, 2.05) is 0 Å². The smallest absolute Gasteiger partial charge is 0.305 e. The molecule has 0 bridgehead atoms. The fourth-order valence-corrected chi connectivity index (χ4v) is 4.36. The lowest BCUT2D eigenvalue weighted by Crippen LogP contribution is -2.51. The molecule has 2 unspecified atom stereocenters. The summed E-state index contributed by atoms with van der Waals surface area (Å²) in [6.45, 7) is 6.79. The van der Waals surface area contributed by atoms with Gasteiger partial charge < -0.3 is 5.11 Å². The molecule has 1 aliphatic heterocycles. The molecule has 1 aliphatic carbocycles. The van der Waals surface area contributed by atoms with Crippen LogP contribution in [0.3, 0.4) is 0 Å². The third-order valence-electron chi connectivity index (χ3n) is 4.99. The minimum atomic E-state index is -0.614. The quantitative estimate of drug-likeness (QED) is 0.828. The molecule has 110 valence electrons. The van der Waals surface area contributed by atoms with Gasteiger partial charge in [0.25, 0.3) is 0 Å². The molecule has 2 atom stereocenters. The molecule has 0 aromatic carbocycles. The van der Waals surface area contributed by atoms with Crippen molar-refractivity contribution < 1.29 is 9.90 Å². The van der Waals surface area contributed by atoms with Crippen LogP contribution >= 0.6 is 0 Å². The van der Waals surface area contributed by atoms with Crippen LogP contribution in [0.15, 0.2) is 0 Å². The van der Waals surface area contributed by atoms with Gasteiger partial charge in [0.05, 0.1) is 6.42 Å². The molecule has 19 heavy (non-hydrogen) atoms. The van der Waals surface area contributed by atoms with Gasteiger partial charge in [-0.3, -0.25) is 9.69 Å². The fourth-order valence-electron chi connectivity index (χ4n) is 4.36. The van der Waals surface area contributed by atoms with E-state index in [0.29, 0.717) is 6.42 Å². The van der Waals surface area contributed by atoms with Crippen LogP contribution in [-0.2, 0) is 4.79 Å². The molecule has 1 saturated heterocycles. The molecule has 1 N–H and O–H groups in total. The molecule has 3 heteroatoms. The number of hydrogen-bond acceptors (Lipinski definition) is 2. The summed E-state index contributed by atoms with van der Waals surface area (Å²) in [4.78, 5) is 13.8. The molecule has 1 saturated carbocycles. The van der Waals surface area contributed by atoms with Crippen LogP contribution in [0.4, 0.5) is 0 Å². The Morgan fingerprint density at radius 3 is 2.58 bits per heavy atom. The summed E-state index contributed by atoms with van der Waals surface area (Å²) < 4.78 is 0. The first-order valence-electron chi connectivity index (χ1n) is 7.99. The average Bonchev–Trinajstić information content (AvgIpc) is 2.81. The van der Waals surface area contributed by atoms with Crippen LogP contribution < -0.4 is 0 Å². The monoisotopic (exact) mass is 267 g/mol. The zero-order chi connectivity index (χ0) is 13.9. The molecule has 0 spiro atoms. The summed E-state index contributed by atoms with van der Waals surface area (Å²) in [6.07, 6.45) is 8.81. The summed E-state index contributed by atoms with van der Waals surface area (Å²) in [5.41, 5.74) is -0.0276. The number of hydrogen-bond donors (Lipinski definition) is 1. The second-order valence-electron chi connectivity index (χ2n) is 7.08. The van der Waals surface area contributed by atoms with Gasteiger partial charge in [0, 0.05) is 5.54 Å². The van der Waals surface area contributed by atoms with Crippen LogP contribution in [0.25, 0.3) is 0 Å². The molecular weight excluding hydrogens is 238 g/mol. The van der Waals surface area contributed by atoms with Crippen molar-refractivity contribution in [1.29, 1.82) is 0 Å². The fraction of sp³-hybridized carbons (Fsp3) is 0.938. The van der Waals surface area contributed by atoms with Crippen LogP contribution in [0.2, 0.25) is 0 Å². The van der Waals surface area contributed by atoms with Gasteiger partial charge in [-0.15, -0.1) is 0 Å². The Bertz CT molecular complexity index is 310. The lowest BCUT2D eigenvalue weighted by molar-refractivity contribution is -0.141. The minimum absolute atomic E-state index is 0.0276. The van der Waals surface area contributed by atoms with E-state index in [2.05, 4.69) is 18.7 Å². The van der Waals surface area contributed by atoms with Gasteiger partial charge in [-0.2, -0.15) is 0 Å². The number of aliphatic carboxylic acids is 1. The lowest BCUT2D eigenvalue weighted by atomic mass is 9.70. The zero-order valence-electron chi connectivity index (χ0n) is 12.5. The van der Waals surface area contributed by atoms with Crippen LogP contribution in [0.5, 0.6) is 0 Å². The highest BCUT2D eigenvalue weighted by atomic mass is 16.4. The van der Waals surface area contributed by atoms with Crippen molar-refractivity contribution in [3.63, 3.8) is 0 Å². The molecule has 0 aromatic heterocycles. The van der Waals surface area contributed by atoms with E-state index in [4.69, 9.17) is 0 Å². The predicted molar refractivity (Wildman–Crippen MR) is 77.2 cm³/mol. The van der Waals surface area contributed by atoms with E-state index in [0.717, 1.165) is 37.8 Å². The first-order chi connectivity index (χ1) is 9.02. The van der Waals surface area contributed by atoms with Crippen LogP contribution in [0.1, 0.15) is 65.2 Å². The number of rotatable bonds is 5. The van der Waals surface area contributed by atoms with Crippen molar-refractivity contribution in [3.8, 4) is 0 Å². The zero-order valence-corrected chi connectivity index (χ0v) is 12.5. The number of nitrogens with zero attached hydrogens (tertiary/aromatic N) is 1. The number of carboxylic acid groups (broad SMARTS) is 1. The Kier molecular flexibility index (Phi) is 4.88. The van der Waals surface area contributed by atoms with Crippen molar-refractivity contribution in [3.05, 3.63) is 0 Å². The number of carbonyl (C=O) groups is 1. The van der Waals surface area contributed by atoms with Crippen molar-refractivity contribution in [2.24, 2.45) is 11.8 Å². The highest BCUT2D eigenvalue weighted by Gasteiger charge is 2.43. The Hall–Kier alpha value is -0.570. The molecule has 0 radical (unpaired) electrons. The van der Waals surface area contributed by atoms with Crippen LogP contribution in [0, 0.1) is 11.8 Å². The van der Waals surface area contributed by atoms with Gasteiger partial charge in [0.15, 0.2) is 0 Å². The van der Waals surface area contributed by atoms with Gasteiger partial charge >= 0.3 is 5.97 Å². The Morgan fingerprint density at radius 2 is 2.00 bits per heavy atom. The Morgan fingerprint density at radius 1 is 1.32 bits per heavy atom. The molecule has 3 nitrogen and oxygen atoms in total. The summed E-state index contributed by atoms with van der Waals surface area (Å²) in [7, 11) is 0. The number of carboxylic acids is 1. The summed E-state index contributed by atoms with van der Waals surface area (Å²) in [6, 6.07) is 0. The molecule has 2 rings (SSSR count). The standard InChI is InChI=1S/C16H29NO2/c1-13(2)10-14-6-5-7-16(11-14,12-15(18)19)17-8-3-4-9-17/h13-14H,3-12H2,1-2H3,(H,18,19). The predicted octanol–water partition coefficient (Wildman–Crippen LogP) is 3.53. The van der Waals surface area contributed by atoms with Crippen molar-refractivity contribution >= 4 is 5.97 Å². The molecule has 2 aliphatic rings. The maximum atomic E-state index is 11.3. The Labute approximate surface area is 117 Å². The van der Waals surface area contributed by atoms with E-state index in [9.17, 15) is 9.90 Å². The van der Waals surface area contributed by atoms with Gasteiger partial charge in [0.2, 0.25) is 0 Å². The van der Waals surface area contributed by atoms with Gasteiger partial charge in [0.1, 0.15) is 0 Å². The lowest BCUT2D eigenvalue weighted by Gasteiger charge is -2.47. The largest absolute Gasteiger partial charge is 0.481 e. The number of likely N-dealkylation sites (tertiary alicyclic amines) is 1. The van der Waals surface area contributed by atoms with E-state index >= 15 is 0 Å². The SMILES string of the molecule is CC(C)CC1CCCC(CC(=O)O)(N2CCCC2)C1. The molecule has 0 aromatic rings.